The number of carbonyl (C=O) groups excluding carboxylic acids is 1. The Morgan fingerprint density at radius 1 is 1.20 bits per heavy atom. The zero-order chi connectivity index (χ0) is 17.3. The Hall–Kier alpha value is -2.38. The Bertz CT molecular complexity index is 636. The number of aromatic nitrogens is 2. The number of hydrogen-bond acceptors (Lipinski definition) is 4. The summed E-state index contributed by atoms with van der Waals surface area (Å²) in [4.78, 5) is 14.3. The van der Waals surface area contributed by atoms with Crippen LogP contribution in [0.4, 0.5) is 10.5 Å². The molecule has 134 valence electrons. The van der Waals surface area contributed by atoms with Crippen LogP contribution in [0.1, 0.15) is 12.0 Å². The molecule has 7 nitrogen and oxygen atoms in total. The van der Waals surface area contributed by atoms with Gasteiger partial charge in [-0.3, -0.25) is 9.58 Å². The van der Waals surface area contributed by atoms with Gasteiger partial charge in [0.15, 0.2) is 0 Å². The predicted molar refractivity (Wildman–Crippen MR) is 96.7 cm³/mol. The molecule has 0 saturated carbocycles. The smallest absolute Gasteiger partial charge is 0.319 e. The molecule has 25 heavy (non-hydrogen) atoms. The molecule has 2 heterocycles. The van der Waals surface area contributed by atoms with Gasteiger partial charge in [0.2, 0.25) is 0 Å². The van der Waals surface area contributed by atoms with Gasteiger partial charge < -0.3 is 15.4 Å². The van der Waals surface area contributed by atoms with Gasteiger partial charge in [-0.1, -0.05) is 12.1 Å². The number of hydrogen-bond donors (Lipinski definition) is 2. The third kappa shape index (κ3) is 5.88. The highest BCUT2D eigenvalue weighted by atomic mass is 16.5. The molecule has 1 fully saturated rings. The highest BCUT2D eigenvalue weighted by Gasteiger charge is 2.09. The van der Waals surface area contributed by atoms with Gasteiger partial charge in [0.05, 0.1) is 19.8 Å². The lowest BCUT2D eigenvalue weighted by atomic mass is 10.2. The second-order valence-corrected chi connectivity index (χ2v) is 6.09. The summed E-state index contributed by atoms with van der Waals surface area (Å²) >= 11 is 0. The van der Waals surface area contributed by atoms with E-state index in [0.717, 1.165) is 57.1 Å². The van der Waals surface area contributed by atoms with Crippen LogP contribution in [-0.4, -0.2) is 60.1 Å². The maximum atomic E-state index is 11.9. The van der Waals surface area contributed by atoms with E-state index in [0.29, 0.717) is 6.54 Å². The average Bonchev–Trinajstić information content (AvgIpc) is 3.14. The normalized spacial score (nSPS) is 15.0. The molecule has 1 aliphatic heterocycles. The summed E-state index contributed by atoms with van der Waals surface area (Å²) in [5.41, 5.74) is 1.93. The molecular weight excluding hydrogens is 318 g/mol. The van der Waals surface area contributed by atoms with E-state index in [-0.39, 0.29) is 6.03 Å². The number of carbonyl (C=O) groups is 1. The van der Waals surface area contributed by atoms with Crippen molar-refractivity contribution in [2.45, 2.75) is 13.0 Å². The van der Waals surface area contributed by atoms with Crippen molar-refractivity contribution in [1.82, 2.24) is 20.0 Å². The summed E-state index contributed by atoms with van der Waals surface area (Å²) in [5, 5.41) is 9.94. The molecule has 0 bridgehead atoms. The van der Waals surface area contributed by atoms with Crippen molar-refractivity contribution in [2.75, 3.05) is 44.7 Å². The summed E-state index contributed by atoms with van der Waals surface area (Å²) < 4.78 is 7.19. The number of rotatable bonds is 7. The first-order valence-electron chi connectivity index (χ1n) is 8.71. The molecule has 1 aromatic carbocycles. The van der Waals surface area contributed by atoms with Crippen molar-refractivity contribution in [3.8, 4) is 0 Å². The first kappa shape index (κ1) is 17.4. The van der Waals surface area contributed by atoms with Gasteiger partial charge in [-0.25, -0.2) is 4.79 Å². The molecular formula is C18H25N5O2. The summed E-state index contributed by atoms with van der Waals surface area (Å²) in [5.74, 6) is 0. The van der Waals surface area contributed by atoms with Crippen molar-refractivity contribution in [2.24, 2.45) is 0 Å². The number of nitrogens with one attached hydrogen (secondary N) is 2. The molecule has 0 aliphatic carbocycles. The highest BCUT2D eigenvalue weighted by molar-refractivity contribution is 5.89. The maximum Gasteiger partial charge on any atom is 0.319 e. The number of nitrogens with zero attached hydrogens (tertiary/aromatic N) is 3. The van der Waals surface area contributed by atoms with E-state index in [9.17, 15) is 4.79 Å². The average molecular weight is 343 g/mol. The minimum absolute atomic E-state index is 0.165. The van der Waals surface area contributed by atoms with Crippen LogP contribution in [0, 0.1) is 0 Å². The quantitative estimate of drug-likeness (QED) is 0.752. The monoisotopic (exact) mass is 343 g/mol. The zero-order valence-corrected chi connectivity index (χ0v) is 14.4. The summed E-state index contributed by atoms with van der Waals surface area (Å²) in [7, 11) is 0. The minimum Gasteiger partial charge on any atom is -0.379 e. The first-order valence-corrected chi connectivity index (χ1v) is 8.71. The molecule has 0 radical (unpaired) electrons. The van der Waals surface area contributed by atoms with Crippen LogP contribution in [0.25, 0.3) is 0 Å². The van der Waals surface area contributed by atoms with Gasteiger partial charge in [-0.2, -0.15) is 5.10 Å². The van der Waals surface area contributed by atoms with E-state index in [1.807, 2.05) is 41.2 Å². The molecule has 0 unspecified atom stereocenters. The van der Waals surface area contributed by atoms with Gasteiger partial charge >= 0.3 is 6.03 Å². The van der Waals surface area contributed by atoms with Crippen molar-refractivity contribution in [1.29, 1.82) is 0 Å². The van der Waals surface area contributed by atoms with E-state index in [1.54, 1.807) is 6.20 Å². The molecule has 2 N–H and O–H groups in total. The third-order valence-corrected chi connectivity index (χ3v) is 4.16. The lowest BCUT2D eigenvalue weighted by Crippen LogP contribution is -2.38. The highest BCUT2D eigenvalue weighted by Crippen LogP contribution is 2.10. The number of amides is 2. The van der Waals surface area contributed by atoms with Crippen molar-refractivity contribution in [3.63, 3.8) is 0 Å². The van der Waals surface area contributed by atoms with Crippen LogP contribution in [0.2, 0.25) is 0 Å². The molecule has 7 heteroatoms. The van der Waals surface area contributed by atoms with Crippen LogP contribution in [0.15, 0.2) is 42.7 Å². The van der Waals surface area contributed by atoms with E-state index in [4.69, 9.17) is 4.74 Å². The molecule has 0 spiro atoms. The fourth-order valence-corrected chi connectivity index (χ4v) is 2.78. The fourth-order valence-electron chi connectivity index (χ4n) is 2.78. The lowest BCUT2D eigenvalue weighted by molar-refractivity contribution is 0.0375. The van der Waals surface area contributed by atoms with Crippen LogP contribution < -0.4 is 10.6 Å². The predicted octanol–water partition coefficient (Wildman–Crippen LogP) is 1.78. The van der Waals surface area contributed by atoms with Gasteiger partial charge in [-0.15, -0.1) is 0 Å². The number of benzene rings is 1. The Morgan fingerprint density at radius 3 is 2.72 bits per heavy atom. The van der Waals surface area contributed by atoms with Crippen molar-refractivity contribution >= 4 is 11.7 Å². The number of morpholine rings is 1. The van der Waals surface area contributed by atoms with Gasteiger partial charge in [0, 0.05) is 37.7 Å². The van der Waals surface area contributed by atoms with Crippen molar-refractivity contribution < 1.29 is 9.53 Å². The van der Waals surface area contributed by atoms with Gasteiger partial charge in [0.1, 0.15) is 0 Å². The summed E-state index contributed by atoms with van der Waals surface area (Å²) in [6, 6.07) is 9.55. The topological polar surface area (TPSA) is 71.4 Å². The standard InChI is InChI=1S/C18H25N5O2/c24-18(19-7-1-9-22-11-13-25-14-12-22)21-17-5-3-16(4-6-17)15-23-10-2-8-20-23/h2-6,8,10H,1,7,9,11-15H2,(H2,19,21,24). The van der Waals surface area contributed by atoms with Gasteiger partial charge in [-0.05, 0) is 36.7 Å². The second-order valence-electron chi connectivity index (χ2n) is 6.09. The van der Waals surface area contributed by atoms with Crippen molar-refractivity contribution in [3.05, 3.63) is 48.3 Å². The fraction of sp³-hybridized carbons (Fsp3) is 0.444. The second kappa shape index (κ2) is 9.19. The molecule has 3 rings (SSSR count). The maximum absolute atomic E-state index is 11.9. The molecule has 1 aromatic heterocycles. The van der Waals surface area contributed by atoms with Crippen LogP contribution in [-0.2, 0) is 11.3 Å². The molecule has 2 aromatic rings. The largest absolute Gasteiger partial charge is 0.379 e. The Kier molecular flexibility index (Phi) is 6.42. The van der Waals surface area contributed by atoms with E-state index in [2.05, 4.69) is 20.6 Å². The molecule has 0 atom stereocenters. The van der Waals surface area contributed by atoms with Crippen LogP contribution >= 0.6 is 0 Å². The summed E-state index contributed by atoms with van der Waals surface area (Å²) in [6.07, 6.45) is 4.63. The zero-order valence-electron chi connectivity index (χ0n) is 14.4. The molecule has 1 aliphatic rings. The van der Waals surface area contributed by atoms with E-state index >= 15 is 0 Å². The first-order chi connectivity index (χ1) is 12.3. The number of ether oxygens (including phenoxy) is 1. The SMILES string of the molecule is O=C(NCCCN1CCOCC1)Nc1ccc(Cn2cccn2)cc1. The summed E-state index contributed by atoms with van der Waals surface area (Å²) in [6.45, 7) is 5.97. The number of urea groups is 1. The third-order valence-electron chi connectivity index (χ3n) is 4.16. The lowest BCUT2D eigenvalue weighted by Gasteiger charge is -2.26. The molecule has 1 saturated heterocycles. The Labute approximate surface area is 148 Å². The Balaban J connectivity index is 1.34. The van der Waals surface area contributed by atoms with E-state index < -0.39 is 0 Å². The number of anilines is 1. The minimum atomic E-state index is -0.165. The van der Waals surface area contributed by atoms with Crippen LogP contribution in [0.3, 0.4) is 0 Å². The van der Waals surface area contributed by atoms with Crippen LogP contribution in [0.5, 0.6) is 0 Å². The van der Waals surface area contributed by atoms with E-state index in [1.165, 1.54) is 0 Å². The van der Waals surface area contributed by atoms with Gasteiger partial charge in [0.25, 0.3) is 0 Å². The Morgan fingerprint density at radius 2 is 2.00 bits per heavy atom. The molecule has 2 amide bonds.